The van der Waals surface area contributed by atoms with Crippen molar-refractivity contribution < 1.29 is 23.4 Å². The molecule has 0 amide bonds. The van der Waals surface area contributed by atoms with Crippen molar-refractivity contribution in [1.82, 2.24) is 0 Å². The van der Waals surface area contributed by atoms with Gasteiger partial charge in [-0.1, -0.05) is 39.0 Å². The lowest BCUT2D eigenvalue weighted by Crippen LogP contribution is -2.55. The van der Waals surface area contributed by atoms with Crippen LogP contribution in [-0.2, 0) is 4.74 Å². The van der Waals surface area contributed by atoms with E-state index in [1.54, 1.807) is 24.3 Å². The van der Waals surface area contributed by atoms with Crippen molar-refractivity contribution in [3.05, 3.63) is 59.9 Å². The van der Waals surface area contributed by atoms with Gasteiger partial charge in [-0.3, -0.25) is 0 Å². The Morgan fingerprint density at radius 3 is 2.50 bits per heavy atom. The number of benzene rings is 2. The average molecular weight is 384 g/mol. The molecule has 0 aromatic heterocycles. The van der Waals surface area contributed by atoms with Gasteiger partial charge in [0.25, 0.3) is 0 Å². The van der Waals surface area contributed by atoms with E-state index in [-0.39, 0.29) is 28.9 Å². The second-order valence-electron chi connectivity index (χ2n) is 8.62. The van der Waals surface area contributed by atoms with E-state index in [2.05, 4.69) is 20.8 Å². The van der Waals surface area contributed by atoms with E-state index in [1.807, 2.05) is 6.07 Å². The van der Waals surface area contributed by atoms with Crippen LogP contribution in [0.3, 0.4) is 0 Å². The first-order chi connectivity index (χ1) is 13.3. The van der Waals surface area contributed by atoms with Gasteiger partial charge in [-0.05, 0) is 43.2 Å². The van der Waals surface area contributed by atoms with Crippen molar-refractivity contribution in [2.24, 2.45) is 5.41 Å². The summed E-state index contributed by atoms with van der Waals surface area (Å²) in [6.07, 6.45) is 2.71. The molecule has 2 aromatic carbocycles. The predicted molar refractivity (Wildman–Crippen MR) is 103 cm³/mol. The van der Waals surface area contributed by atoms with Gasteiger partial charge in [0.15, 0.2) is 11.6 Å². The number of rotatable bonds is 4. The van der Waals surface area contributed by atoms with E-state index in [4.69, 9.17) is 14.2 Å². The molecule has 2 aliphatic rings. The van der Waals surface area contributed by atoms with Crippen LogP contribution < -0.4 is 9.47 Å². The fourth-order valence-corrected chi connectivity index (χ4v) is 4.28. The molecule has 3 atom stereocenters. The fourth-order valence-electron chi connectivity index (χ4n) is 4.28. The van der Waals surface area contributed by atoms with E-state index >= 15 is 0 Å². The summed E-state index contributed by atoms with van der Waals surface area (Å²) in [5.74, 6) is -0.548. The van der Waals surface area contributed by atoms with Crippen molar-refractivity contribution >= 4 is 5.97 Å². The Kier molecular flexibility index (Phi) is 4.66. The summed E-state index contributed by atoms with van der Waals surface area (Å²) in [6, 6.07) is 12.9. The fraction of sp³-hybridized carbons (Fsp3) is 0.435. The van der Waals surface area contributed by atoms with Gasteiger partial charge < -0.3 is 14.2 Å². The van der Waals surface area contributed by atoms with Crippen molar-refractivity contribution in [3.63, 3.8) is 0 Å². The van der Waals surface area contributed by atoms with Gasteiger partial charge in [-0.15, -0.1) is 0 Å². The zero-order chi connectivity index (χ0) is 19.9. The molecular formula is C23H25FO4. The number of carbonyl (C=O) groups excluding carboxylic acids is 1. The van der Waals surface area contributed by atoms with Crippen molar-refractivity contribution in [2.45, 2.75) is 57.8 Å². The number of para-hydroxylation sites is 1. The van der Waals surface area contributed by atoms with Crippen molar-refractivity contribution in [1.29, 1.82) is 0 Å². The number of halogens is 1. The summed E-state index contributed by atoms with van der Waals surface area (Å²) >= 11 is 0. The van der Waals surface area contributed by atoms with Crippen LogP contribution in [0.2, 0.25) is 0 Å². The minimum Gasteiger partial charge on any atom is -0.481 e. The third-order valence-electron chi connectivity index (χ3n) is 5.84. The quantitative estimate of drug-likeness (QED) is 0.540. The van der Waals surface area contributed by atoms with Crippen LogP contribution in [0.25, 0.3) is 0 Å². The van der Waals surface area contributed by atoms with Crippen LogP contribution in [-0.4, -0.2) is 23.8 Å². The normalized spacial score (nSPS) is 26.3. The van der Waals surface area contributed by atoms with Crippen molar-refractivity contribution in [3.8, 4) is 11.5 Å². The molecule has 2 heterocycles. The molecule has 148 valence electrons. The molecule has 0 spiro atoms. The maximum absolute atomic E-state index is 14.6. The Balaban J connectivity index is 1.61. The van der Waals surface area contributed by atoms with Crippen LogP contribution in [0.4, 0.5) is 4.39 Å². The molecule has 2 bridgehead atoms. The summed E-state index contributed by atoms with van der Waals surface area (Å²) in [6.45, 7) is 6.26. The highest BCUT2D eigenvalue weighted by atomic mass is 19.1. The monoisotopic (exact) mass is 384 g/mol. The molecule has 28 heavy (non-hydrogen) atoms. The highest BCUT2D eigenvalue weighted by Crippen LogP contribution is 2.53. The number of ether oxygens (including phenoxy) is 3. The summed E-state index contributed by atoms with van der Waals surface area (Å²) in [5, 5.41) is 0. The average Bonchev–Trinajstić information content (AvgIpc) is 3.25. The second kappa shape index (κ2) is 6.89. The SMILES string of the molecule is CC(C)(C)C1(Oc2cc(C(=O)Oc3ccccc3)ccc2F)CC2CCC1O2. The van der Waals surface area contributed by atoms with Gasteiger partial charge in [-0.25, -0.2) is 9.18 Å². The zero-order valence-electron chi connectivity index (χ0n) is 16.4. The molecule has 0 radical (unpaired) electrons. The topological polar surface area (TPSA) is 44.8 Å². The van der Waals surface area contributed by atoms with Crippen LogP contribution >= 0.6 is 0 Å². The van der Waals surface area contributed by atoms with Gasteiger partial charge in [-0.2, -0.15) is 0 Å². The van der Waals surface area contributed by atoms with E-state index in [0.29, 0.717) is 5.75 Å². The number of esters is 1. The van der Waals surface area contributed by atoms with Crippen LogP contribution in [0.5, 0.6) is 11.5 Å². The van der Waals surface area contributed by atoms with E-state index in [0.717, 1.165) is 19.3 Å². The van der Waals surface area contributed by atoms with Crippen LogP contribution in [0.15, 0.2) is 48.5 Å². The van der Waals surface area contributed by atoms with E-state index in [1.165, 1.54) is 18.2 Å². The Hall–Kier alpha value is -2.40. The van der Waals surface area contributed by atoms with Crippen LogP contribution in [0, 0.1) is 11.2 Å². The maximum atomic E-state index is 14.6. The Bertz CT molecular complexity index is 874. The highest BCUT2D eigenvalue weighted by Gasteiger charge is 2.60. The largest absolute Gasteiger partial charge is 0.481 e. The lowest BCUT2D eigenvalue weighted by Gasteiger charge is -2.46. The van der Waals surface area contributed by atoms with Gasteiger partial charge in [0, 0.05) is 11.8 Å². The molecule has 2 fully saturated rings. The minimum atomic E-state index is -0.626. The number of hydrogen-bond acceptors (Lipinski definition) is 4. The second-order valence-corrected chi connectivity index (χ2v) is 8.62. The van der Waals surface area contributed by atoms with Gasteiger partial charge in [0.05, 0.1) is 17.8 Å². The summed E-state index contributed by atoms with van der Waals surface area (Å²) in [7, 11) is 0. The predicted octanol–water partition coefficient (Wildman–Crippen LogP) is 5.16. The number of hydrogen-bond donors (Lipinski definition) is 0. The minimum absolute atomic E-state index is 0.0635. The summed E-state index contributed by atoms with van der Waals surface area (Å²) < 4.78 is 32.3. The zero-order valence-corrected chi connectivity index (χ0v) is 16.4. The maximum Gasteiger partial charge on any atom is 0.343 e. The third-order valence-corrected chi connectivity index (χ3v) is 5.84. The lowest BCUT2D eigenvalue weighted by molar-refractivity contribution is -0.0836. The first kappa shape index (κ1) is 18.9. The summed E-state index contributed by atoms with van der Waals surface area (Å²) in [5.41, 5.74) is -0.633. The molecule has 4 rings (SSSR count). The lowest BCUT2D eigenvalue weighted by atomic mass is 9.68. The third kappa shape index (κ3) is 3.28. The van der Waals surface area contributed by atoms with Gasteiger partial charge in [0.1, 0.15) is 11.4 Å². The van der Waals surface area contributed by atoms with E-state index < -0.39 is 17.4 Å². The molecule has 2 saturated heterocycles. The molecule has 0 saturated carbocycles. The standard InChI is InChI=1S/C23H25FO4/c1-22(2,3)23(14-17-10-12-20(23)26-17)28-19-13-15(9-11-18(19)24)21(25)27-16-7-5-4-6-8-16/h4-9,11,13,17,20H,10,12,14H2,1-3H3. The molecule has 3 unspecified atom stereocenters. The number of fused-ring (bicyclic) bond motifs is 2. The highest BCUT2D eigenvalue weighted by molar-refractivity contribution is 5.91. The summed E-state index contributed by atoms with van der Waals surface area (Å²) in [4.78, 5) is 12.5. The molecule has 2 aromatic rings. The molecule has 4 nitrogen and oxygen atoms in total. The van der Waals surface area contributed by atoms with Crippen LogP contribution in [0.1, 0.15) is 50.4 Å². The molecule has 2 aliphatic heterocycles. The molecular weight excluding hydrogens is 359 g/mol. The van der Waals surface area contributed by atoms with Crippen molar-refractivity contribution in [2.75, 3.05) is 0 Å². The Morgan fingerprint density at radius 1 is 1.14 bits per heavy atom. The first-order valence-electron chi connectivity index (χ1n) is 9.70. The Morgan fingerprint density at radius 2 is 1.89 bits per heavy atom. The molecule has 0 N–H and O–H groups in total. The van der Waals surface area contributed by atoms with Gasteiger partial charge in [0.2, 0.25) is 0 Å². The first-order valence-corrected chi connectivity index (χ1v) is 9.70. The molecule has 0 aliphatic carbocycles. The number of carbonyl (C=O) groups is 1. The smallest absolute Gasteiger partial charge is 0.343 e. The Labute approximate surface area is 164 Å². The van der Waals surface area contributed by atoms with Gasteiger partial charge >= 0.3 is 5.97 Å². The van der Waals surface area contributed by atoms with E-state index in [9.17, 15) is 9.18 Å². The molecule has 5 heteroatoms.